The number of aliphatic hydroxyl groups excluding tert-OH is 1. The molecule has 1 aromatic carbocycles. The first-order valence-corrected chi connectivity index (χ1v) is 11.3. The van der Waals surface area contributed by atoms with Crippen molar-refractivity contribution in [1.29, 1.82) is 0 Å². The van der Waals surface area contributed by atoms with Crippen molar-refractivity contribution in [3.8, 4) is 11.3 Å². The van der Waals surface area contributed by atoms with Gasteiger partial charge in [0.1, 0.15) is 17.9 Å². The highest BCUT2D eigenvalue weighted by Crippen LogP contribution is 2.34. The smallest absolute Gasteiger partial charge is 0.407 e. The molecule has 0 saturated heterocycles. The Morgan fingerprint density at radius 1 is 1.19 bits per heavy atom. The molecule has 8 nitrogen and oxygen atoms in total. The van der Waals surface area contributed by atoms with Crippen LogP contribution in [-0.2, 0) is 16.1 Å². The Labute approximate surface area is 207 Å². The Hall–Kier alpha value is -3.60. The number of halogens is 3. The SMILES string of the molecule is CCOC(=O)NCc1cc(F)c(NC(CC=O)C(C)(C)C)nc1-c1c[nH]c2c(F)cc(F)cc12.CO. The second-order valence-corrected chi connectivity index (χ2v) is 8.88. The van der Waals surface area contributed by atoms with Gasteiger partial charge in [-0.3, -0.25) is 0 Å². The minimum atomic E-state index is -0.785. The number of aromatic amines is 1. The lowest BCUT2D eigenvalue weighted by Crippen LogP contribution is -2.35. The summed E-state index contributed by atoms with van der Waals surface area (Å²) < 4.78 is 48.2. The number of ether oxygens (including phenoxy) is 1. The number of pyridine rings is 1. The molecule has 3 rings (SSSR count). The zero-order valence-electron chi connectivity index (χ0n) is 20.8. The molecule has 4 N–H and O–H groups in total. The summed E-state index contributed by atoms with van der Waals surface area (Å²) in [5, 5.41) is 12.7. The monoisotopic (exact) mass is 508 g/mol. The van der Waals surface area contributed by atoms with Gasteiger partial charge in [-0.15, -0.1) is 0 Å². The van der Waals surface area contributed by atoms with Gasteiger partial charge in [0.05, 0.1) is 17.8 Å². The van der Waals surface area contributed by atoms with Crippen LogP contribution in [0.3, 0.4) is 0 Å². The van der Waals surface area contributed by atoms with E-state index in [9.17, 15) is 18.4 Å². The van der Waals surface area contributed by atoms with Crippen LogP contribution in [0.4, 0.5) is 23.8 Å². The Balaban J connectivity index is 0.00000222. The minimum Gasteiger partial charge on any atom is -0.450 e. The van der Waals surface area contributed by atoms with E-state index in [1.165, 1.54) is 12.3 Å². The summed E-state index contributed by atoms with van der Waals surface area (Å²) in [6, 6.07) is 2.66. The molecule has 36 heavy (non-hydrogen) atoms. The number of fused-ring (bicyclic) bond motifs is 1. The van der Waals surface area contributed by atoms with E-state index in [-0.39, 0.29) is 47.6 Å². The van der Waals surface area contributed by atoms with E-state index < -0.39 is 35.0 Å². The highest BCUT2D eigenvalue weighted by molar-refractivity contribution is 5.96. The fraction of sp³-hybridized carbons (Fsp3) is 0.400. The lowest BCUT2D eigenvalue weighted by molar-refractivity contribution is -0.108. The van der Waals surface area contributed by atoms with Gasteiger partial charge in [-0.25, -0.2) is 22.9 Å². The number of alkyl carbamates (subject to hydrolysis) is 1. The first-order valence-electron chi connectivity index (χ1n) is 11.3. The van der Waals surface area contributed by atoms with Crippen LogP contribution in [0, 0.1) is 22.9 Å². The number of H-pyrrole nitrogens is 1. The summed E-state index contributed by atoms with van der Waals surface area (Å²) in [7, 11) is 1.00. The van der Waals surface area contributed by atoms with Crippen LogP contribution >= 0.6 is 0 Å². The molecule has 2 aromatic heterocycles. The molecule has 1 atom stereocenters. The molecule has 0 aliphatic carbocycles. The van der Waals surface area contributed by atoms with E-state index in [0.29, 0.717) is 5.56 Å². The predicted molar refractivity (Wildman–Crippen MR) is 131 cm³/mol. The van der Waals surface area contributed by atoms with Crippen molar-refractivity contribution in [2.75, 3.05) is 19.0 Å². The molecule has 0 saturated carbocycles. The Morgan fingerprint density at radius 2 is 1.89 bits per heavy atom. The number of anilines is 1. The summed E-state index contributed by atoms with van der Waals surface area (Å²) in [4.78, 5) is 30.2. The molecule has 11 heteroatoms. The number of aromatic nitrogens is 2. The number of carbonyl (C=O) groups is 2. The second-order valence-electron chi connectivity index (χ2n) is 8.88. The number of hydrogen-bond acceptors (Lipinski definition) is 6. The molecule has 0 spiro atoms. The number of carbonyl (C=O) groups excluding carboxylic acids is 2. The van der Waals surface area contributed by atoms with Crippen molar-refractivity contribution in [2.24, 2.45) is 5.41 Å². The summed E-state index contributed by atoms with van der Waals surface area (Å²) in [6.45, 7) is 7.36. The molecule has 0 fully saturated rings. The molecule has 2 heterocycles. The molecular formula is C25H31F3N4O4. The predicted octanol–water partition coefficient (Wildman–Crippen LogP) is 4.92. The lowest BCUT2D eigenvalue weighted by Gasteiger charge is -2.31. The van der Waals surface area contributed by atoms with E-state index in [0.717, 1.165) is 25.5 Å². The number of aliphatic hydroxyl groups is 1. The topological polar surface area (TPSA) is 116 Å². The Bertz CT molecular complexity index is 1210. The molecule has 0 bridgehead atoms. The van der Waals surface area contributed by atoms with Gasteiger partial charge in [-0.05, 0) is 24.5 Å². The van der Waals surface area contributed by atoms with Gasteiger partial charge < -0.3 is 30.3 Å². The van der Waals surface area contributed by atoms with Crippen LogP contribution < -0.4 is 10.6 Å². The number of nitrogens with one attached hydrogen (secondary N) is 3. The number of rotatable bonds is 8. The van der Waals surface area contributed by atoms with E-state index in [1.807, 2.05) is 20.8 Å². The zero-order valence-corrected chi connectivity index (χ0v) is 20.8. The average molecular weight is 509 g/mol. The average Bonchev–Trinajstić information content (AvgIpc) is 3.23. The van der Waals surface area contributed by atoms with Crippen LogP contribution in [0.5, 0.6) is 0 Å². The number of aldehydes is 1. The third kappa shape index (κ3) is 6.75. The van der Waals surface area contributed by atoms with Crippen LogP contribution in [0.25, 0.3) is 22.2 Å². The summed E-state index contributed by atoms with van der Waals surface area (Å²) in [5.41, 5.74) is 0.460. The fourth-order valence-electron chi connectivity index (χ4n) is 3.59. The van der Waals surface area contributed by atoms with Gasteiger partial charge in [-0.2, -0.15) is 0 Å². The molecule has 3 aromatic rings. The van der Waals surface area contributed by atoms with Gasteiger partial charge in [0.25, 0.3) is 0 Å². The lowest BCUT2D eigenvalue weighted by atomic mass is 9.85. The number of hydrogen-bond donors (Lipinski definition) is 4. The van der Waals surface area contributed by atoms with Crippen LogP contribution in [0.15, 0.2) is 24.4 Å². The molecule has 1 amide bonds. The molecule has 0 aliphatic rings. The Kier molecular flexibility index (Phi) is 9.85. The summed E-state index contributed by atoms with van der Waals surface area (Å²) >= 11 is 0. The van der Waals surface area contributed by atoms with E-state index in [1.54, 1.807) is 6.92 Å². The van der Waals surface area contributed by atoms with Crippen molar-refractivity contribution in [3.05, 3.63) is 47.4 Å². The first-order chi connectivity index (χ1) is 17.0. The van der Waals surface area contributed by atoms with Crippen LogP contribution in [0.1, 0.15) is 39.7 Å². The maximum absolute atomic E-state index is 15.1. The van der Waals surface area contributed by atoms with Crippen molar-refractivity contribution >= 4 is 29.1 Å². The van der Waals surface area contributed by atoms with Gasteiger partial charge in [0, 0.05) is 54.9 Å². The van der Waals surface area contributed by atoms with Crippen LogP contribution in [0.2, 0.25) is 0 Å². The van der Waals surface area contributed by atoms with Crippen molar-refractivity contribution in [1.82, 2.24) is 15.3 Å². The van der Waals surface area contributed by atoms with Gasteiger partial charge >= 0.3 is 6.09 Å². The maximum atomic E-state index is 15.1. The third-order valence-electron chi connectivity index (χ3n) is 5.40. The highest BCUT2D eigenvalue weighted by Gasteiger charge is 2.27. The van der Waals surface area contributed by atoms with Gasteiger partial charge in [0.15, 0.2) is 11.6 Å². The van der Waals surface area contributed by atoms with E-state index in [4.69, 9.17) is 9.84 Å². The third-order valence-corrected chi connectivity index (χ3v) is 5.40. The fourth-order valence-corrected chi connectivity index (χ4v) is 3.59. The van der Waals surface area contributed by atoms with Crippen molar-refractivity contribution in [3.63, 3.8) is 0 Å². The maximum Gasteiger partial charge on any atom is 0.407 e. The van der Waals surface area contributed by atoms with Crippen LogP contribution in [-0.4, -0.2) is 47.2 Å². The first kappa shape index (κ1) is 28.6. The quantitative estimate of drug-likeness (QED) is 0.321. The van der Waals surface area contributed by atoms with E-state index in [2.05, 4.69) is 20.6 Å². The largest absolute Gasteiger partial charge is 0.450 e. The van der Waals surface area contributed by atoms with Crippen molar-refractivity contribution < 1.29 is 32.6 Å². The second kappa shape index (κ2) is 12.4. The molecule has 1 unspecified atom stereocenters. The van der Waals surface area contributed by atoms with E-state index >= 15 is 4.39 Å². The minimum absolute atomic E-state index is 0.0647. The molecule has 0 radical (unpaired) electrons. The zero-order chi connectivity index (χ0) is 27.0. The number of amides is 1. The van der Waals surface area contributed by atoms with Gasteiger partial charge in [-0.1, -0.05) is 20.8 Å². The Morgan fingerprint density at radius 3 is 2.50 bits per heavy atom. The number of benzene rings is 1. The summed E-state index contributed by atoms with van der Waals surface area (Å²) in [5.74, 6) is -2.40. The number of nitrogens with zero attached hydrogens (tertiary/aromatic N) is 1. The normalized spacial score (nSPS) is 11.9. The molecule has 0 aliphatic heterocycles. The standard InChI is InChI=1S/C24H27F3N4O3.CH4O/c1-5-34-23(33)29-11-13-8-18(27)22(30-19(6-7-32)24(2,3)4)31-20(13)16-12-28-21-15(16)9-14(25)10-17(21)26;1-2/h7-10,12,19,28H,5-6,11H2,1-4H3,(H,29,33)(H,30,31);2H,1H3. The van der Waals surface area contributed by atoms with Crippen molar-refractivity contribution in [2.45, 2.75) is 46.7 Å². The molecular weight excluding hydrogens is 477 g/mol. The van der Waals surface area contributed by atoms with Gasteiger partial charge in [0.2, 0.25) is 0 Å². The summed E-state index contributed by atoms with van der Waals surface area (Å²) in [6.07, 6.45) is 1.60. The highest BCUT2D eigenvalue weighted by atomic mass is 19.1. The molecule has 196 valence electrons.